The molecular formula is C17H10ClF3N6. The first-order valence-electron chi connectivity index (χ1n) is 7.46. The number of anilines is 4. The molecule has 0 aliphatic carbocycles. The minimum atomic E-state index is -4.50. The highest BCUT2D eigenvalue weighted by Gasteiger charge is 2.31. The molecule has 0 spiro atoms. The molecule has 10 heteroatoms. The van der Waals surface area contributed by atoms with Crippen molar-refractivity contribution in [2.45, 2.75) is 6.18 Å². The summed E-state index contributed by atoms with van der Waals surface area (Å²) in [7, 11) is 0. The van der Waals surface area contributed by atoms with E-state index in [0.29, 0.717) is 17.1 Å². The van der Waals surface area contributed by atoms with Gasteiger partial charge in [-0.2, -0.15) is 28.5 Å². The first-order valence-corrected chi connectivity index (χ1v) is 7.83. The molecule has 6 nitrogen and oxygen atoms in total. The van der Waals surface area contributed by atoms with Crippen molar-refractivity contribution in [3.05, 3.63) is 64.8 Å². The molecule has 0 unspecified atom stereocenters. The first-order chi connectivity index (χ1) is 12.8. The molecule has 0 amide bonds. The number of benzene rings is 2. The highest BCUT2D eigenvalue weighted by Crippen LogP contribution is 2.34. The lowest BCUT2D eigenvalue weighted by molar-refractivity contribution is -0.137. The highest BCUT2D eigenvalue weighted by molar-refractivity contribution is 6.33. The van der Waals surface area contributed by atoms with Crippen LogP contribution in [0.3, 0.4) is 0 Å². The number of hydrogen-bond donors (Lipinski definition) is 2. The fourth-order valence-electron chi connectivity index (χ4n) is 2.11. The minimum absolute atomic E-state index is 0.00353. The van der Waals surface area contributed by atoms with Crippen LogP contribution in [0.5, 0.6) is 0 Å². The molecule has 0 fully saturated rings. The summed E-state index contributed by atoms with van der Waals surface area (Å²) in [6.45, 7) is 0. The normalized spacial score (nSPS) is 10.9. The van der Waals surface area contributed by atoms with Gasteiger partial charge in [0, 0.05) is 5.69 Å². The zero-order valence-electron chi connectivity index (χ0n) is 13.4. The molecule has 0 radical (unpaired) electrons. The van der Waals surface area contributed by atoms with Gasteiger partial charge in [0.2, 0.25) is 5.95 Å². The molecule has 0 aliphatic rings. The van der Waals surface area contributed by atoms with Crippen molar-refractivity contribution in [1.29, 1.82) is 5.26 Å². The summed E-state index contributed by atoms with van der Waals surface area (Å²) in [6.07, 6.45) is -3.16. The van der Waals surface area contributed by atoms with Gasteiger partial charge in [-0.05, 0) is 42.5 Å². The summed E-state index contributed by atoms with van der Waals surface area (Å²) in [5.74, 6) is 0.273. The Balaban J connectivity index is 1.81. The van der Waals surface area contributed by atoms with Gasteiger partial charge in [0.25, 0.3) is 0 Å². The van der Waals surface area contributed by atoms with E-state index in [1.807, 2.05) is 6.07 Å². The molecule has 0 saturated heterocycles. The minimum Gasteiger partial charge on any atom is -0.339 e. The molecule has 1 aromatic heterocycles. The van der Waals surface area contributed by atoms with E-state index in [1.165, 1.54) is 6.20 Å². The van der Waals surface area contributed by atoms with Gasteiger partial charge in [-0.1, -0.05) is 11.6 Å². The number of rotatable bonds is 4. The topological polar surface area (TPSA) is 86.5 Å². The Hall–Kier alpha value is -3.38. The molecule has 0 bridgehead atoms. The smallest absolute Gasteiger partial charge is 0.339 e. The average Bonchev–Trinajstić information content (AvgIpc) is 2.63. The van der Waals surface area contributed by atoms with Crippen LogP contribution in [0.25, 0.3) is 0 Å². The Morgan fingerprint density at radius 3 is 2.44 bits per heavy atom. The summed E-state index contributed by atoms with van der Waals surface area (Å²) in [5, 5.41) is 22.0. The third-order valence-corrected chi connectivity index (χ3v) is 3.71. The lowest BCUT2D eigenvalue weighted by Gasteiger charge is -2.12. The van der Waals surface area contributed by atoms with Crippen molar-refractivity contribution in [1.82, 2.24) is 15.2 Å². The first kappa shape index (κ1) is 18.4. The maximum Gasteiger partial charge on any atom is 0.416 e. The number of nitrogens with one attached hydrogen (secondary N) is 2. The molecule has 0 aliphatic heterocycles. The summed E-state index contributed by atoms with van der Waals surface area (Å²) >= 11 is 5.95. The number of aromatic nitrogens is 3. The maximum atomic E-state index is 12.9. The number of alkyl halides is 3. The quantitative estimate of drug-likeness (QED) is 0.658. The van der Waals surface area contributed by atoms with Crippen LogP contribution < -0.4 is 10.6 Å². The van der Waals surface area contributed by atoms with Gasteiger partial charge in [-0.15, -0.1) is 5.10 Å². The van der Waals surface area contributed by atoms with Crippen molar-refractivity contribution >= 4 is 34.7 Å². The zero-order chi connectivity index (χ0) is 19.4. The van der Waals surface area contributed by atoms with E-state index in [9.17, 15) is 13.2 Å². The van der Waals surface area contributed by atoms with Crippen LogP contribution in [0.15, 0.2) is 48.7 Å². The molecule has 136 valence electrons. The van der Waals surface area contributed by atoms with Gasteiger partial charge < -0.3 is 10.6 Å². The van der Waals surface area contributed by atoms with Crippen LogP contribution in [0, 0.1) is 11.3 Å². The monoisotopic (exact) mass is 390 g/mol. The molecule has 27 heavy (non-hydrogen) atoms. The SMILES string of the molecule is N#Cc1ccc(Nc2cnnc(Nc3cc(C(F)(F)F)ccc3Cl)n2)cc1. The van der Waals surface area contributed by atoms with E-state index in [4.69, 9.17) is 16.9 Å². The van der Waals surface area contributed by atoms with Crippen LogP contribution in [0.2, 0.25) is 5.02 Å². The van der Waals surface area contributed by atoms with Crippen molar-refractivity contribution in [2.75, 3.05) is 10.6 Å². The fraction of sp³-hybridized carbons (Fsp3) is 0.0588. The van der Waals surface area contributed by atoms with Gasteiger partial charge >= 0.3 is 6.18 Å². The molecule has 0 atom stereocenters. The Morgan fingerprint density at radius 2 is 1.78 bits per heavy atom. The third kappa shape index (κ3) is 4.62. The van der Waals surface area contributed by atoms with Crippen molar-refractivity contribution in [3.8, 4) is 6.07 Å². The molecule has 3 rings (SSSR count). The Morgan fingerprint density at radius 1 is 1.04 bits per heavy atom. The molecule has 1 heterocycles. The van der Waals surface area contributed by atoms with E-state index >= 15 is 0 Å². The summed E-state index contributed by atoms with van der Waals surface area (Å²) in [4.78, 5) is 4.14. The Kier molecular flexibility index (Phi) is 5.09. The lowest BCUT2D eigenvalue weighted by Crippen LogP contribution is -2.07. The number of halogens is 4. The Bertz CT molecular complexity index is 999. The second kappa shape index (κ2) is 7.47. The van der Waals surface area contributed by atoms with E-state index < -0.39 is 11.7 Å². The number of hydrogen-bond acceptors (Lipinski definition) is 6. The summed E-state index contributed by atoms with van der Waals surface area (Å²) in [6, 6.07) is 11.5. The largest absolute Gasteiger partial charge is 0.416 e. The van der Waals surface area contributed by atoms with Crippen LogP contribution in [0.1, 0.15) is 11.1 Å². The van der Waals surface area contributed by atoms with Crippen LogP contribution >= 0.6 is 11.6 Å². The zero-order valence-corrected chi connectivity index (χ0v) is 14.2. The van der Waals surface area contributed by atoms with Crippen LogP contribution in [0.4, 0.5) is 36.3 Å². The van der Waals surface area contributed by atoms with Gasteiger partial charge in [0.15, 0.2) is 5.82 Å². The molecule has 0 saturated carbocycles. The van der Waals surface area contributed by atoms with Gasteiger partial charge in [0.1, 0.15) is 0 Å². The molecular weight excluding hydrogens is 381 g/mol. The second-order valence-electron chi connectivity index (χ2n) is 5.30. The predicted octanol–water partition coefficient (Wildman–Crippen LogP) is 4.90. The van der Waals surface area contributed by atoms with Crippen molar-refractivity contribution < 1.29 is 13.2 Å². The lowest BCUT2D eigenvalue weighted by atomic mass is 10.2. The second-order valence-corrected chi connectivity index (χ2v) is 5.70. The standard InChI is InChI=1S/C17H10ClF3N6/c18-13-6-3-11(17(19,20)21)7-14(13)25-16-26-15(9-23-27-16)24-12-4-1-10(8-22)2-5-12/h1-7,9H,(H2,24,25,26,27). The maximum absolute atomic E-state index is 12.9. The average molecular weight is 391 g/mol. The Labute approximate surface area is 156 Å². The van der Waals surface area contributed by atoms with E-state index in [1.54, 1.807) is 24.3 Å². The van der Waals surface area contributed by atoms with E-state index in [-0.39, 0.29) is 16.7 Å². The van der Waals surface area contributed by atoms with E-state index in [0.717, 1.165) is 18.2 Å². The fourth-order valence-corrected chi connectivity index (χ4v) is 2.28. The highest BCUT2D eigenvalue weighted by atomic mass is 35.5. The third-order valence-electron chi connectivity index (χ3n) is 3.39. The molecule has 2 aromatic carbocycles. The number of nitriles is 1. The molecule has 3 aromatic rings. The summed E-state index contributed by atoms with van der Waals surface area (Å²) < 4.78 is 38.6. The molecule has 2 N–H and O–H groups in total. The van der Waals surface area contributed by atoms with Crippen molar-refractivity contribution in [3.63, 3.8) is 0 Å². The van der Waals surface area contributed by atoms with Gasteiger partial charge in [0.05, 0.1) is 34.1 Å². The van der Waals surface area contributed by atoms with E-state index in [2.05, 4.69) is 25.8 Å². The predicted molar refractivity (Wildman–Crippen MR) is 94.0 cm³/mol. The van der Waals surface area contributed by atoms with Crippen LogP contribution in [-0.4, -0.2) is 15.2 Å². The van der Waals surface area contributed by atoms with Crippen molar-refractivity contribution in [2.24, 2.45) is 0 Å². The van der Waals surface area contributed by atoms with Crippen LogP contribution in [-0.2, 0) is 6.18 Å². The van der Waals surface area contributed by atoms with Gasteiger partial charge in [-0.3, -0.25) is 0 Å². The van der Waals surface area contributed by atoms with Gasteiger partial charge in [-0.25, -0.2) is 0 Å². The number of nitrogens with zero attached hydrogens (tertiary/aromatic N) is 4. The summed E-state index contributed by atoms with van der Waals surface area (Å²) in [5.41, 5.74) is 0.304.